The van der Waals surface area contributed by atoms with Crippen LogP contribution >= 0.6 is 11.8 Å². The van der Waals surface area contributed by atoms with Gasteiger partial charge in [0.25, 0.3) is 0 Å². The predicted molar refractivity (Wildman–Crippen MR) is 80.0 cm³/mol. The Labute approximate surface area is 112 Å². The fraction of sp³-hybridized carbons (Fsp3) is 1.00. The van der Waals surface area contributed by atoms with E-state index in [4.69, 9.17) is 0 Å². The van der Waals surface area contributed by atoms with Crippen LogP contribution in [0.15, 0.2) is 0 Å². The van der Waals surface area contributed by atoms with Crippen LogP contribution in [0.2, 0.25) is 0 Å². The summed E-state index contributed by atoms with van der Waals surface area (Å²) in [4.78, 5) is 2.49. The van der Waals surface area contributed by atoms with Crippen LogP contribution in [-0.2, 0) is 0 Å². The molecule has 0 aromatic heterocycles. The second kappa shape index (κ2) is 9.23. The monoisotopic (exact) mass is 258 g/mol. The number of nitrogens with zero attached hydrogens (tertiary/aromatic N) is 1. The smallest absolute Gasteiger partial charge is 0.0189 e. The lowest BCUT2D eigenvalue weighted by molar-refractivity contribution is 0.238. The van der Waals surface area contributed by atoms with Gasteiger partial charge in [0.1, 0.15) is 0 Å². The van der Waals surface area contributed by atoms with Crippen LogP contribution in [-0.4, -0.2) is 49.1 Å². The number of nitrogens with one attached hydrogen (secondary N) is 1. The summed E-state index contributed by atoms with van der Waals surface area (Å²) in [7, 11) is 2.26. The molecule has 1 aliphatic rings. The molecule has 1 unspecified atom stereocenters. The van der Waals surface area contributed by atoms with E-state index in [9.17, 15) is 0 Å². The van der Waals surface area contributed by atoms with Gasteiger partial charge in [-0.05, 0) is 51.8 Å². The van der Waals surface area contributed by atoms with E-state index in [0.29, 0.717) is 6.04 Å². The first kappa shape index (κ1) is 15.3. The number of thioether (sulfide) groups is 1. The highest BCUT2D eigenvalue weighted by molar-refractivity contribution is 7.98. The highest BCUT2D eigenvalue weighted by Gasteiger charge is 2.15. The number of rotatable bonds is 8. The molecule has 2 nitrogen and oxygen atoms in total. The van der Waals surface area contributed by atoms with Gasteiger partial charge in [-0.2, -0.15) is 11.8 Å². The molecule has 1 rings (SSSR count). The van der Waals surface area contributed by atoms with Crippen molar-refractivity contribution in [1.29, 1.82) is 0 Å². The molecule has 0 aromatic rings. The summed E-state index contributed by atoms with van der Waals surface area (Å²) < 4.78 is 0. The van der Waals surface area contributed by atoms with E-state index in [1.807, 2.05) is 11.8 Å². The maximum atomic E-state index is 3.75. The third-order valence-corrected chi connectivity index (χ3v) is 4.62. The highest BCUT2D eigenvalue weighted by atomic mass is 32.2. The number of hydrogen-bond donors (Lipinski definition) is 1. The van der Waals surface area contributed by atoms with Crippen molar-refractivity contribution >= 4 is 11.8 Å². The second-order valence-electron chi connectivity index (χ2n) is 5.42. The van der Waals surface area contributed by atoms with Gasteiger partial charge in [-0.1, -0.05) is 19.3 Å². The van der Waals surface area contributed by atoms with E-state index in [1.54, 1.807) is 0 Å². The van der Waals surface area contributed by atoms with Crippen molar-refractivity contribution in [1.82, 2.24) is 10.2 Å². The van der Waals surface area contributed by atoms with Crippen molar-refractivity contribution in [2.24, 2.45) is 0 Å². The Hall–Kier alpha value is 0.270. The van der Waals surface area contributed by atoms with Crippen LogP contribution in [0, 0.1) is 0 Å². The van der Waals surface area contributed by atoms with Crippen LogP contribution < -0.4 is 5.32 Å². The average Bonchev–Trinajstić information content (AvgIpc) is 2.37. The number of hydrogen-bond acceptors (Lipinski definition) is 3. The van der Waals surface area contributed by atoms with Gasteiger partial charge >= 0.3 is 0 Å². The van der Waals surface area contributed by atoms with Crippen molar-refractivity contribution < 1.29 is 0 Å². The quantitative estimate of drug-likeness (QED) is 0.674. The summed E-state index contributed by atoms with van der Waals surface area (Å²) in [6, 6.07) is 1.46. The number of likely N-dealkylation sites (N-methyl/N-ethyl adjacent to an activating group) is 1. The van der Waals surface area contributed by atoms with Gasteiger partial charge in [-0.15, -0.1) is 0 Å². The second-order valence-corrected chi connectivity index (χ2v) is 6.40. The molecule has 0 radical (unpaired) electrons. The van der Waals surface area contributed by atoms with E-state index in [2.05, 4.69) is 30.4 Å². The van der Waals surface area contributed by atoms with Gasteiger partial charge < -0.3 is 10.2 Å². The van der Waals surface area contributed by atoms with E-state index in [-0.39, 0.29) is 0 Å². The van der Waals surface area contributed by atoms with Gasteiger partial charge in [-0.25, -0.2) is 0 Å². The minimum Gasteiger partial charge on any atom is -0.312 e. The van der Waals surface area contributed by atoms with Gasteiger partial charge in [0.2, 0.25) is 0 Å². The molecule has 1 fully saturated rings. The lowest BCUT2D eigenvalue weighted by Crippen LogP contribution is -2.42. The molecule has 1 N–H and O–H groups in total. The van der Waals surface area contributed by atoms with Crippen molar-refractivity contribution in [3.8, 4) is 0 Å². The lowest BCUT2D eigenvalue weighted by atomic mass is 9.95. The van der Waals surface area contributed by atoms with Crippen LogP contribution in [0.1, 0.15) is 45.4 Å². The summed E-state index contributed by atoms with van der Waals surface area (Å²) >= 11 is 1.95. The van der Waals surface area contributed by atoms with E-state index < -0.39 is 0 Å². The molecule has 0 aromatic carbocycles. The molecule has 0 spiro atoms. The lowest BCUT2D eigenvalue weighted by Gasteiger charge is -2.29. The van der Waals surface area contributed by atoms with Crippen molar-refractivity contribution in [2.75, 3.05) is 32.1 Å². The molecule has 1 atom stereocenters. The maximum Gasteiger partial charge on any atom is 0.0189 e. The maximum absolute atomic E-state index is 3.75. The largest absolute Gasteiger partial charge is 0.312 e. The molecule has 102 valence electrons. The predicted octanol–water partition coefficient (Wildman–Crippen LogP) is 2.98. The Morgan fingerprint density at radius 3 is 2.65 bits per heavy atom. The highest BCUT2D eigenvalue weighted by Crippen LogP contribution is 2.17. The third-order valence-electron chi connectivity index (χ3n) is 3.92. The zero-order valence-corrected chi connectivity index (χ0v) is 12.7. The molecule has 0 amide bonds. The first-order valence-electron chi connectivity index (χ1n) is 7.16. The first-order valence-corrected chi connectivity index (χ1v) is 8.56. The van der Waals surface area contributed by atoms with Gasteiger partial charge in [0.05, 0.1) is 0 Å². The van der Waals surface area contributed by atoms with Crippen molar-refractivity contribution in [2.45, 2.75) is 57.5 Å². The summed E-state index contributed by atoms with van der Waals surface area (Å²) in [6.07, 6.45) is 10.6. The SMILES string of the molecule is CSCCCN(C)C(C)CNC1CCCCC1. The summed E-state index contributed by atoms with van der Waals surface area (Å²) in [5, 5.41) is 3.75. The molecular formula is C14H30N2S. The molecule has 0 saturated heterocycles. The molecule has 1 aliphatic carbocycles. The van der Waals surface area contributed by atoms with Crippen LogP contribution in [0.5, 0.6) is 0 Å². The Balaban J connectivity index is 2.07. The van der Waals surface area contributed by atoms with Gasteiger partial charge in [0, 0.05) is 18.6 Å². The molecule has 1 saturated carbocycles. The summed E-state index contributed by atoms with van der Waals surface area (Å²) in [5.74, 6) is 1.28. The Morgan fingerprint density at radius 2 is 2.00 bits per heavy atom. The third kappa shape index (κ3) is 6.68. The zero-order chi connectivity index (χ0) is 12.5. The van der Waals surface area contributed by atoms with E-state index in [1.165, 1.54) is 50.8 Å². The fourth-order valence-electron chi connectivity index (χ4n) is 2.48. The Bertz CT molecular complexity index is 181. The van der Waals surface area contributed by atoms with Gasteiger partial charge in [0.15, 0.2) is 0 Å². The van der Waals surface area contributed by atoms with Crippen LogP contribution in [0.4, 0.5) is 0 Å². The molecule has 17 heavy (non-hydrogen) atoms. The molecule has 0 bridgehead atoms. The van der Waals surface area contributed by atoms with Crippen LogP contribution in [0.25, 0.3) is 0 Å². The summed E-state index contributed by atoms with van der Waals surface area (Å²) in [6.45, 7) is 4.73. The standard InChI is InChI=1S/C14H30N2S/c1-13(16(2)10-7-11-17-3)12-15-14-8-5-4-6-9-14/h13-15H,4-12H2,1-3H3. The topological polar surface area (TPSA) is 15.3 Å². The normalized spacial score (nSPS) is 19.8. The van der Waals surface area contributed by atoms with E-state index >= 15 is 0 Å². The fourth-order valence-corrected chi connectivity index (χ4v) is 2.90. The minimum absolute atomic E-state index is 0.666. The Morgan fingerprint density at radius 1 is 1.29 bits per heavy atom. The van der Waals surface area contributed by atoms with Crippen LogP contribution in [0.3, 0.4) is 0 Å². The average molecular weight is 258 g/mol. The van der Waals surface area contributed by atoms with Crippen molar-refractivity contribution in [3.05, 3.63) is 0 Å². The first-order chi connectivity index (χ1) is 8.24. The van der Waals surface area contributed by atoms with E-state index in [0.717, 1.165) is 12.6 Å². The van der Waals surface area contributed by atoms with Gasteiger partial charge in [-0.3, -0.25) is 0 Å². The molecule has 0 heterocycles. The minimum atomic E-state index is 0.666. The zero-order valence-electron chi connectivity index (χ0n) is 11.9. The molecule has 3 heteroatoms. The summed E-state index contributed by atoms with van der Waals surface area (Å²) in [5.41, 5.74) is 0. The van der Waals surface area contributed by atoms with Crippen molar-refractivity contribution in [3.63, 3.8) is 0 Å². The molecular weight excluding hydrogens is 228 g/mol. The Kier molecular flexibility index (Phi) is 8.33. The molecule has 0 aliphatic heterocycles.